The molecule has 2 aromatic carbocycles. The molecule has 0 aliphatic rings. The van der Waals surface area contributed by atoms with Gasteiger partial charge < -0.3 is 10.2 Å². The smallest absolute Gasteiger partial charge is 0.256 e. The molecule has 0 aliphatic carbocycles. The quantitative estimate of drug-likeness (QED) is 0.618. The highest BCUT2D eigenvalue weighted by Crippen LogP contribution is 2.20. The van der Waals surface area contributed by atoms with E-state index in [-0.39, 0.29) is 11.8 Å². The van der Waals surface area contributed by atoms with Crippen molar-refractivity contribution >= 4 is 44.8 Å². The zero-order valence-electron chi connectivity index (χ0n) is 14.1. The Labute approximate surface area is 164 Å². The van der Waals surface area contributed by atoms with Gasteiger partial charge in [0, 0.05) is 23.4 Å². The molecule has 132 valence electrons. The highest BCUT2D eigenvalue weighted by molar-refractivity contribution is 9.10. The second kappa shape index (κ2) is 8.29. The molecule has 0 radical (unpaired) electrons. The Hall–Kier alpha value is -2.44. The standard InChI is InChI=1S/C20H17BrN2O2S/c1-23(12-14-6-8-16(21)9-7-14)20(25)17-4-2-3-5-18(17)22-19(24)15-10-11-26-13-15/h2-11,13H,12H2,1H3,(H,22,24). The van der Waals surface area contributed by atoms with Crippen molar-refractivity contribution in [1.82, 2.24) is 4.90 Å². The SMILES string of the molecule is CN(Cc1ccc(Br)cc1)C(=O)c1ccccc1NC(=O)c1ccsc1. The number of anilines is 1. The highest BCUT2D eigenvalue weighted by atomic mass is 79.9. The van der Waals surface area contributed by atoms with Crippen molar-refractivity contribution in [1.29, 1.82) is 0 Å². The Kier molecular flexibility index (Phi) is 5.85. The largest absolute Gasteiger partial charge is 0.337 e. The van der Waals surface area contributed by atoms with E-state index in [1.807, 2.05) is 29.6 Å². The zero-order chi connectivity index (χ0) is 18.5. The molecule has 3 aromatic rings. The molecule has 0 atom stereocenters. The molecule has 3 rings (SSSR count). The van der Waals surface area contributed by atoms with E-state index in [4.69, 9.17) is 0 Å². The number of nitrogens with zero attached hydrogens (tertiary/aromatic N) is 1. The maximum atomic E-state index is 12.9. The van der Waals surface area contributed by atoms with Crippen molar-refractivity contribution in [2.75, 3.05) is 12.4 Å². The van der Waals surface area contributed by atoms with Crippen LogP contribution in [0.5, 0.6) is 0 Å². The van der Waals surface area contributed by atoms with E-state index in [9.17, 15) is 9.59 Å². The monoisotopic (exact) mass is 428 g/mol. The summed E-state index contributed by atoms with van der Waals surface area (Å²) in [5.74, 6) is -0.365. The number of thiophene rings is 1. The van der Waals surface area contributed by atoms with E-state index < -0.39 is 0 Å². The molecule has 0 aliphatic heterocycles. The van der Waals surface area contributed by atoms with Crippen molar-refractivity contribution in [3.63, 3.8) is 0 Å². The van der Waals surface area contributed by atoms with Gasteiger partial charge in [0.25, 0.3) is 11.8 Å². The first kappa shape index (κ1) is 18.4. The van der Waals surface area contributed by atoms with Gasteiger partial charge in [-0.1, -0.05) is 40.2 Å². The molecule has 0 bridgehead atoms. The molecule has 1 aromatic heterocycles. The Balaban J connectivity index is 1.76. The second-order valence-corrected chi connectivity index (χ2v) is 7.50. The van der Waals surface area contributed by atoms with Gasteiger partial charge in [0.1, 0.15) is 0 Å². The van der Waals surface area contributed by atoms with Crippen LogP contribution in [-0.2, 0) is 6.54 Å². The summed E-state index contributed by atoms with van der Waals surface area (Å²) in [7, 11) is 1.75. The number of rotatable bonds is 5. The second-order valence-electron chi connectivity index (χ2n) is 5.80. The summed E-state index contributed by atoms with van der Waals surface area (Å²) in [6.07, 6.45) is 0. The van der Waals surface area contributed by atoms with Crippen LogP contribution < -0.4 is 5.32 Å². The molecule has 1 heterocycles. The molecular formula is C20H17BrN2O2S. The van der Waals surface area contributed by atoms with Crippen molar-refractivity contribution in [2.45, 2.75) is 6.54 Å². The van der Waals surface area contributed by atoms with Crippen LogP contribution >= 0.6 is 27.3 Å². The van der Waals surface area contributed by atoms with E-state index in [0.717, 1.165) is 10.0 Å². The molecule has 0 fully saturated rings. The first-order valence-electron chi connectivity index (χ1n) is 7.97. The molecule has 1 N–H and O–H groups in total. The van der Waals surface area contributed by atoms with Crippen LogP contribution in [0.1, 0.15) is 26.3 Å². The van der Waals surface area contributed by atoms with Crippen LogP contribution in [0.3, 0.4) is 0 Å². The lowest BCUT2D eigenvalue weighted by Crippen LogP contribution is -2.27. The number of hydrogen-bond donors (Lipinski definition) is 1. The number of amides is 2. The topological polar surface area (TPSA) is 49.4 Å². The number of benzene rings is 2. The van der Waals surface area contributed by atoms with Gasteiger partial charge in [-0.2, -0.15) is 11.3 Å². The number of hydrogen-bond acceptors (Lipinski definition) is 3. The van der Waals surface area contributed by atoms with Gasteiger partial charge in [-0.25, -0.2) is 0 Å². The minimum absolute atomic E-state index is 0.144. The lowest BCUT2D eigenvalue weighted by atomic mass is 10.1. The van der Waals surface area contributed by atoms with Gasteiger partial charge in [-0.15, -0.1) is 0 Å². The van der Waals surface area contributed by atoms with Gasteiger partial charge in [0.05, 0.1) is 16.8 Å². The summed E-state index contributed by atoms with van der Waals surface area (Å²) in [6, 6.07) is 16.6. The van der Waals surface area contributed by atoms with Crippen molar-refractivity contribution in [3.8, 4) is 0 Å². The average molecular weight is 429 g/mol. The Morgan fingerprint density at radius 2 is 1.81 bits per heavy atom. The number of carbonyl (C=O) groups excluding carboxylic acids is 2. The molecule has 2 amide bonds. The fourth-order valence-electron chi connectivity index (χ4n) is 2.51. The number of para-hydroxylation sites is 1. The van der Waals surface area contributed by atoms with Crippen molar-refractivity contribution in [3.05, 3.63) is 86.5 Å². The zero-order valence-corrected chi connectivity index (χ0v) is 16.5. The van der Waals surface area contributed by atoms with Crippen LogP contribution in [0.2, 0.25) is 0 Å². The predicted octanol–water partition coefficient (Wildman–Crippen LogP) is 5.04. The molecule has 0 saturated carbocycles. The summed E-state index contributed by atoms with van der Waals surface area (Å²) in [5, 5.41) is 6.46. The van der Waals surface area contributed by atoms with Gasteiger partial charge >= 0.3 is 0 Å². The highest BCUT2D eigenvalue weighted by Gasteiger charge is 2.17. The lowest BCUT2D eigenvalue weighted by molar-refractivity contribution is 0.0786. The van der Waals surface area contributed by atoms with Crippen LogP contribution in [-0.4, -0.2) is 23.8 Å². The molecular weight excluding hydrogens is 412 g/mol. The van der Waals surface area contributed by atoms with Crippen molar-refractivity contribution in [2.24, 2.45) is 0 Å². The number of carbonyl (C=O) groups is 2. The van der Waals surface area contributed by atoms with Crippen LogP contribution in [0.4, 0.5) is 5.69 Å². The third-order valence-electron chi connectivity index (χ3n) is 3.87. The van der Waals surface area contributed by atoms with E-state index in [1.54, 1.807) is 47.7 Å². The third-order valence-corrected chi connectivity index (χ3v) is 5.08. The summed E-state index contributed by atoms with van der Waals surface area (Å²) >= 11 is 4.86. The van der Waals surface area contributed by atoms with Crippen LogP contribution in [0, 0.1) is 0 Å². The summed E-state index contributed by atoms with van der Waals surface area (Å²) in [6.45, 7) is 0.485. The Morgan fingerprint density at radius 3 is 2.50 bits per heavy atom. The van der Waals surface area contributed by atoms with Gasteiger partial charge in [0.2, 0.25) is 0 Å². The van der Waals surface area contributed by atoms with E-state index in [1.165, 1.54) is 11.3 Å². The maximum Gasteiger partial charge on any atom is 0.256 e. The first-order chi connectivity index (χ1) is 12.5. The number of nitrogens with one attached hydrogen (secondary N) is 1. The molecule has 26 heavy (non-hydrogen) atoms. The van der Waals surface area contributed by atoms with Crippen molar-refractivity contribution < 1.29 is 9.59 Å². The fraction of sp³-hybridized carbons (Fsp3) is 0.100. The first-order valence-corrected chi connectivity index (χ1v) is 9.70. The molecule has 0 saturated heterocycles. The molecule has 0 unspecified atom stereocenters. The van der Waals surface area contributed by atoms with Crippen LogP contribution in [0.25, 0.3) is 0 Å². The molecule has 6 heteroatoms. The molecule has 0 spiro atoms. The summed E-state index contributed by atoms with van der Waals surface area (Å²) in [4.78, 5) is 26.8. The predicted molar refractivity (Wildman–Crippen MR) is 109 cm³/mol. The number of halogens is 1. The minimum Gasteiger partial charge on any atom is -0.337 e. The normalized spacial score (nSPS) is 10.4. The molecule has 4 nitrogen and oxygen atoms in total. The van der Waals surface area contributed by atoms with Gasteiger partial charge in [0.15, 0.2) is 0 Å². The minimum atomic E-state index is -0.220. The Morgan fingerprint density at radius 1 is 1.08 bits per heavy atom. The summed E-state index contributed by atoms with van der Waals surface area (Å²) in [5.41, 5.74) is 2.59. The van der Waals surface area contributed by atoms with E-state index in [2.05, 4.69) is 21.2 Å². The van der Waals surface area contributed by atoms with E-state index in [0.29, 0.717) is 23.4 Å². The Bertz CT molecular complexity index is 908. The summed E-state index contributed by atoms with van der Waals surface area (Å²) < 4.78 is 0.997. The maximum absolute atomic E-state index is 12.9. The fourth-order valence-corrected chi connectivity index (χ4v) is 3.41. The van der Waals surface area contributed by atoms with Gasteiger partial charge in [-0.05, 0) is 41.3 Å². The third kappa shape index (κ3) is 4.39. The lowest BCUT2D eigenvalue weighted by Gasteiger charge is -2.19. The van der Waals surface area contributed by atoms with Gasteiger partial charge in [-0.3, -0.25) is 9.59 Å². The average Bonchev–Trinajstić information content (AvgIpc) is 3.18. The van der Waals surface area contributed by atoms with E-state index >= 15 is 0 Å². The van der Waals surface area contributed by atoms with Crippen LogP contribution in [0.15, 0.2) is 69.8 Å².